The number of carbonyl (C=O) groups is 2. The molecule has 1 atom stereocenters. The highest BCUT2D eigenvalue weighted by molar-refractivity contribution is 7.15. The fraction of sp³-hybridized carbons (Fsp3) is 0.167. The topological polar surface area (TPSA) is 66.7 Å². The third-order valence-corrected chi connectivity index (χ3v) is 7.33. The fourth-order valence-corrected chi connectivity index (χ4v) is 5.35. The van der Waals surface area contributed by atoms with E-state index in [-0.39, 0.29) is 17.9 Å². The largest absolute Gasteiger partial charge is 0.349 e. The van der Waals surface area contributed by atoms with E-state index in [1.165, 1.54) is 11.3 Å². The van der Waals surface area contributed by atoms with Gasteiger partial charge in [0.15, 0.2) is 4.96 Å². The Morgan fingerprint density at radius 2 is 1.65 bits per heavy atom. The van der Waals surface area contributed by atoms with Gasteiger partial charge in [0, 0.05) is 30.7 Å². The monoisotopic (exact) mass is 508 g/mol. The average molecular weight is 509 g/mol. The number of hydrogen-bond donors (Lipinski definition) is 1. The van der Waals surface area contributed by atoms with Crippen LogP contribution in [0.3, 0.4) is 0 Å². The van der Waals surface area contributed by atoms with Crippen LogP contribution < -0.4 is 5.32 Å². The van der Waals surface area contributed by atoms with Crippen molar-refractivity contribution in [2.75, 3.05) is 13.6 Å². The SMILES string of the molecule is Cc1nc2sccn2c1C(=O)NCC(Cc1ccccc1)N(C)C(=O)c1ccccc1-c1ccccc1. The molecule has 0 saturated heterocycles. The number of carbonyl (C=O) groups excluding carboxylic acids is 2. The molecule has 0 saturated carbocycles. The number of aromatic nitrogens is 2. The van der Waals surface area contributed by atoms with Crippen LogP contribution in [0.4, 0.5) is 0 Å². The van der Waals surface area contributed by atoms with E-state index in [2.05, 4.69) is 10.3 Å². The molecule has 3 aromatic carbocycles. The Hall–Kier alpha value is -4.23. The zero-order valence-electron chi connectivity index (χ0n) is 20.8. The van der Waals surface area contributed by atoms with Crippen LogP contribution in [0.5, 0.6) is 0 Å². The summed E-state index contributed by atoms with van der Waals surface area (Å²) in [5.74, 6) is -0.289. The van der Waals surface area contributed by atoms with Crippen LogP contribution in [0.1, 0.15) is 32.1 Å². The Kier molecular flexibility index (Phi) is 7.14. The second-order valence-corrected chi connectivity index (χ2v) is 9.86. The zero-order chi connectivity index (χ0) is 25.8. The summed E-state index contributed by atoms with van der Waals surface area (Å²) in [5.41, 5.74) is 4.81. The normalized spacial score (nSPS) is 11.8. The number of rotatable bonds is 8. The Labute approximate surface area is 220 Å². The minimum atomic E-state index is -0.256. The Morgan fingerprint density at radius 3 is 2.41 bits per heavy atom. The van der Waals surface area contributed by atoms with E-state index >= 15 is 0 Å². The van der Waals surface area contributed by atoms with Crippen molar-refractivity contribution in [2.45, 2.75) is 19.4 Å². The van der Waals surface area contributed by atoms with Crippen molar-refractivity contribution in [3.8, 4) is 11.1 Å². The van der Waals surface area contributed by atoms with Gasteiger partial charge in [0.25, 0.3) is 11.8 Å². The number of benzene rings is 3. The predicted octanol–water partition coefficient (Wildman–Crippen LogP) is 5.48. The molecule has 0 aliphatic heterocycles. The zero-order valence-corrected chi connectivity index (χ0v) is 21.6. The third kappa shape index (κ3) is 5.17. The summed E-state index contributed by atoms with van der Waals surface area (Å²) < 4.78 is 1.81. The average Bonchev–Trinajstić information content (AvgIpc) is 3.51. The van der Waals surface area contributed by atoms with Gasteiger partial charge in [0.05, 0.1) is 11.7 Å². The first kappa shape index (κ1) is 24.5. The maximum atomic E-state index is 13.8. The third-order valence-electron chi connectivity index (χ3n) is 6.57. The standard InChI is InChI=1S/C30H28N4O2S/c1-21-27(34-17-18-37-30(34)32-21)28(35)31-20-24(19-22-11-5-3-6-12-22)33(2)29(36)26-16-10-9-15-25(26)23-13-7-4-8-14-23/h3-18,24H,19-20H2,1-2H3,(H,31,35). The molecule has 0 aliphatic rings. The van der Waals surface area contributed by atoms with E-state index in [4.69, 9.17) is 0 Å². The van der Waals surface area contributed by atoms with Crippen LogP contribution in [0.15, 0.2) is 96.5 Å². The molecule has 0 fully saturated rings. The van der Waals surface area contributed by atoms with Gasteiger partial charge in [-0.3, -0.25) is 14.0 Å². The second kappa shape index (κ2) is 10.8. The number of aryl methyl sites for hydroxylation is 1. The first-order valence-corrected chi connectivity index (χ1v) is 13.1. The predicted molar refractivity (Wildman–Crippen MR) is 148 cm³/mol. The molecular weight excluding hydrogens is 480 g/mol. The Bertz CT molecular complexity index is 1530. The molecule has 6 nitrogen and oxygen atoms in total. The minimum absolute atomic E-state index is 0.0876. The van der Waals surface area contributed by atoms with E-state index in [1.807, 2.05) is 115 Å². The van der Waals surface area contributed by atoms with Crippen LogP contribution in [0.2, 0.25) is 0 Å². The van der Waals surface area contributed by atoms with Gasteiger partial charge in [-0.25, -0.2) is 4.98 Å². The molecular formula is C30H28N4O2S. The highest BCUT2D eigenvalue weighted by atomic mass is 32.1. The number of thiazole rings is 1. The first-order chi connectivity index (χ1) is 18.0. The Morgan fingerprint density at radius 1 is 0.973 bits per heavy atom. The molecule has 0 aliphatic carbocycles. The second-order valence-electron chi connectivity index (χ2n) is 8.98. The minimum Gasteiger partial charge on any atom is -0.349 e. The summed E-state index contributed by atoms with van der Waals surface area (Å²) >= 11 is 1.49. The molecule has 37 heavy (non-hydrogen) atoms. The number of likely N-dealkylation sites (N-methyl/N-ethyl adjacent to an activating group) is 1. The van der Waals surface area contributed by atoms with E-state index in [0.29, 0.717) is 29.9 Å². The molecule has 1 unspecified atom stereocenters. The number of imidazole rings is 1. The molecule has 2 heterocycles. The van der Waals surface area contributed by atoms with Crippen LogP contribution in [0.25, 0.3) is 16.1 Å². The number of amides is 2. The lowest BCUT2D eigenvalue weighted by atomic mass is 9.97. The first-order valence-electron chi connectivity index (χ1n) is 12.2. The van der Waals surface area contributed by atoms with Gasteiger partial charge >= 0.3 is 0 Å². The molecule has 5 rings (SSSR count). The van der Waals surface area contributed by atoms with Gasteiger partial charge in [0.2, 0.25) is 0 Å². The molecule has 7 heteroatoms. The van der Waals surface area contributed by atoms with Gasteiger partial charge in [0.1, 0.15) is 5.69 Å². The summed E-state index contributed by atoms with van der Waals surface area (Å²) in [6, 6.07) is 27.4. The van der Waals surface area contributed by atoms with Crippen molar-refractivity contribution in [3.05, 3.63) is 119 Å². The van der Waals surface area contributed by atoms with Crippen molar-refractivity contribution in [3.63, 3.8) is 0 Å². The summed E-state index contributed by atoms with van der Waals surface area (Å²) in [7, 11) is 1.81. The molecule has 5 aromatic rings. The van der Waals surface area contributed by atoms with Crippen molar-refractivity contribution in [1.82, 2.24) is 19.6 Å². The van der Waals surface area contributed by atoms with E-state index in [9.17, 15) is 9.59 Å². The summed E-state index contributed by atoms with van der Waals surface area (Å²) in [6.45, 7) is 2.15. The van der Waals surface area contributed by atoms with Crippen molar-refractivity contribution in [1.29, 1.82) is 0 Å². The molecule has 0 radical (unpaired) electrons. The lowest BCUT2D eigenvalue weighted by Crippen LogP contribution is -2.46. The highest BCUT2D eigenvalue weighted by Crippen LogP contribution is 2.25. The van der Waals surface area contributed by atoms with E-state index in [0.717, 1.165) is 21.7 Å². The maximum Gasteiger partial charge on any atom is 0.270 e. The fourth-order valence-electron chi connectivity index (χ4n) is 4.59. The Balaban J connectivity index is 1.41. The summed E-state index contributed by atoms with van der Waals surface area (Å²) in [6.07, 6.45) is 2.46. The lowest BCUT2D eigenvalue weighted by Gasteiger charge is -2.29. The van der Waals surface area contributed by atoms with Crippen LogP contribution >= 0.6 is 11.3 Å². The van der Waals surface area contributed by atoms with E-state index in [1.54, 1.807) is 4.90 Å². The molecule has 0 bridgehead atoms. The van der Waals surface area contributed by atoms with Crippen molar-refractivity contribution in [2.24, 2.45) is 0 Å². The maximum absolute atomic E-state index is 13.8. The van der Waals surface area contributed by atoms with Gasteiger partial charge < -0.3 is 10.2 Å². The van der Waals surface area contributed by atoms with Gasteiger partial charge in [-0.2, -0.15) is 0 Å². The number of hydrogen-bond acceptors (Lipinski definition) is 4. The van der Waals surface area contributed by atoms with Crippen LogP contribution in [-0.4, -0.2) is 45.7 Å². The summed E-state index contributed by atoms with van der Waals surface area (Å²) in [4.78, 5) is 34.1. The number of nitrogens with one attached hydrogen (secondary N) is 1. The van der Waals surface area contributed by atoms with Crippen LogP contribution in [0, 0.1) is 6.92 Å². The van der Waals surface area contributed by atoms with Crippen LogP contribution in [-0.2, 0) is 6.42 Å². The molecule has 0 spiro atoms. The van der Waals surface area contributed by atoms with Crippen molar-refractivity contribution >= 4 is 28.1 Å². The van der Waals surface area contributed by atoms with Gasteiger partial charge in [-0.05, 0) is 36.1 Å². The lowest BCUT2D eigenvalue weighted by molar-refractivity contribution is 0.0718. The van der Waals surface area contributed by atoms with Crippen molar-refractivity contribution < 1.29 is 9.59 Å². The molecule has 2 amide bonds. The molecule has 2 aromatic heterocycles. The van der Waals surface area contributed by atoms with Gasteiger partial charge in [-0.1, -0.05) is 78.9 Å². The molecule has 1 N–H and O–H groups in total. The number of nitrogens with zero attached hydrogens (tertiary/aromatic N) is 3. The number of fused-ring (bicyclic) bond motifs is 1. The van der Waals surface area contributed by atoms with E-state index < -0.39 is 0 Å². The van der Waals surface area contributed by atoms with Gasteiger partial charge in [-0.15, -0.1) is 11.3 Å². The quantitative estimate of drug-likeness (QED) is 0.302. The smallest absolute Gasteiger partial charge is 0.270 e. The summed E-state index contributed by atoms with van der Waals surface area (Å²) in [5, 5.41) is 4.98. The highest BCUT2D eigenvalue weighted by Gasteiger charge is 2.25. The molecule has 186 valence electrons.